The van der Waals surface area contributed by atoms with E-state index in [-0.39, 0.29) is 30.3 Å². The normalized spacial score (nSPS) is 12.2. The summed E-state index contributed by atoms with van der Waals surface area (Å²) in [5.41, 5.74) is -0.186. The summed E-state index contributed by atoms with van der Waals surface area (Å²) in [5, 5.41) is 11.4. The highest BCUT2D eigenvalue weighted by atomic mass is 16.4. The van der Waals surface area contributed by atoms with Crippen molar-refractivity contribution in [3.8, 4) is 0 Å². The van der Waals surface area contributed by atoms with Gasteiger partial charge in [-0.05, 0) is 12.0 Å². The van der Waals surface area contributed by atoms with Gasteiger partial charge in [-0.1, -0.05) is 19.9 Å². The molecule has 104 valence electrons. The van der Waals surface area contributed by atoms with E-state index in [1.165, 1.54) is 10.6 Å². The summed E-state index contributed by atoms with van der Waals surface area (Å²) in [5.74, 6) is -1.63. The minimum atomic E-state index is -1.06. The summed E-state index contributed by atoms with van der Waals surface area (Å²) >= 11 is 0. The number of carbonyl (C=O) groups excluding carboxylic acids is 1. The van der Waals surface area contributed by atoms with Crippen LogP contribution >= 0.6 is 0 Å². The molecule has 0 bridgehead atoms. The van der Waals surface area contributed by atoms with E-state index in [0.717, 1.165) is 0 Å². The van der Waals surface area contributed by atoms with Crippen LogP contribution in [0.3, 0.4) is 0 Å². The summed E-state index contributed by atoms with van der Waals surface area (Å²) in [7, 11) is 0. The average Bonchev–Trinajstić information content (AvgIpc) is 2.34. The Morgan fingerprint density at radius 1 is 1.37 bits per heavy atom. The highest BCUT2D eigenvalue weighted by molar-refractivity contribution is 5.83. The fourth-order valence-corrected chi connectivity index (χ4v) is 1.63. The van der Waals surface area contributed by atoms with Crippen molar-refractivity contribution in [1.82, 2.24) is 9.88 Å². The van der Waals surface area contributed by atoms with Crippen LogP contribution in [0, 0.1) is 5.92 Å². The van der Waals surface area contributed by atoms with E-state index in [2.05, 4.69) is 5.32 Å². The molecule has 0 spiro atoms. The van der Waals surface area contributed by atoms with Crippen LogP contribution in [-0.2, 0) is 16.1 Å². The number of carbonyl (C=O) groups is 2. The first-order chi connectivity index (χ1) is 8.91. The van der Waals surface area contributed by atoms with E-state index >= 15 is 0 Å². The Bertz CT molecular complexity index is 507. The van der Waals surface area contributed by atoms with Crippen LogP contribution in [0.15, 0.2) is 29.2 Å². The van der Waals surface area contributed by atoms with Crippen molar-refractivity contribution in [2.75, 3.05) is 0 Å². The number of nitrogens with one attached hydrogen (secondary N) is 1. The van der Waals surface area contributed by atoms with Gasteiger partial charge in [-0.3, -0.25) is 9.59 Å². The zero-order chi connectivity index (χ0) is 14.4. The first-order valence-corrected chi connectivity index (χ1v) is 6.09. The van der Waals surface area contributed by atoms with Gasteiger partial charge in [0.1, 0.15) is 6.04 Å². The van der Waals surface area contributed by atoms with Crippen LogP contribution in [0.1, 0.15) is 20.3 Å². The van der Waals surface area contributed by atoms with E-state index in [1.54, 1.807) is 32.2 Å². The maximum atomic E-state index is 11.7. The number of aliphatic carboxylic acids is 1. The van der Waals surface area contributed by atoms with Gasteiger partial charge in [-0.15, -0.1) is 0 Å². The minimum Gasteiger partial charge on any atom is -0.480 e. The van der Waals surface area contributed by atoms with Crippen molar-refractivity contribution >= 4 is 11.9 Å². The third kappa shape index (κ3) is 4.57. The second kappa shape index (κ2) is 6.72. The Morgan fingerprint density at radius 2 is 2.05 bits per heavy atom. The number of carboxylic acid groups (broad SMARTS) is 1. The maximum absolute atomic E-state index is 11.7. The molecule has 19 heavy (non-hydrogen) atoms. The van der Waals surface area contributed by atoms with Crippen LogP contribution < -0.4 is 10.9 Å². The molecule has 6 nitrogen and oxygen atoms in total. The van der Waals surface area contributed by atoms with Crippen LogP contribution in [-0.4, -0.2) is 27.6 Å². The molecule has 0 fully saturated rings. The highest BCUT2D eigenvalue weighted by Gasteiger charge is 2.22. The largest absolute Gasteiger partial charge is 0.480 e. The number of rotatable bonds is 6. The van der Waals surface area contributed by atoms with E-state index in [1.807, 2.05) is 0 Å². The van der Waals surface area contributed by atoms with Crippen molar-refractivity contribution < 1.29 is 14.7 Å². The number of carboxylic acids is 1. The molecule has 1 rings (SSSR count). The molecular weight excluding hydrogens is 248 g/mol. The predicted molar refractivity (Wildman–Crippen MR) is 69.7 cm³/mol. The zero-order valence-corrected chi connectivity index (χ0v) is 11.0. The lowest BCUT2D eigenvalue weighted by Gasteiger charge is -2.17. The van der Waals surface area contributed by atoms with Crippen LogP contribution in [0.5, 0.6) is 0 Å². The lowest BCUT2D eigenvalue weighted by molar-refractivity contribution is -0.143. The van der Waals surface area contributed by atoms with Crippen LogP contribution in [0.4, 0.5) is 0 Å². The highest BCUT2D eigenvalue weighted by Crippen LogP contribution is 2.02. The summed E-state index contributed by atoms with van der Waals surface area (Å²) in [6.07, 6.45) is 1.66. The van der Waals surface area contributed by atoms with Gasteiger partial charge < -0.3 is 15.0 Å². The molecule has 1 amide bonds. The van der Waals surface area contributed by atoms with Gasteiger partial charge in [-0.25, -0.2) is 4.79 Å². The average molecular weight is 266 g/mol. The molecule has 0 saturated heterocycles. The smallest absolute Gasteiger partial charge is 0.326 e. The van der Waals surface area contributed by atoms with Crippen molar-refractivity contribution in [1.29, 1.82) is 0 Å². The standard InChI is InChI=1S/C13H18N2O4/c1-9(2)12(13(18)19)14-10(16)6-8-15-7-4-3-5-11(15)17/h3-5,7,9,12H,6,8H2,1-2H3,(H,14,16)(H,18,19)/t12-/m1/s1. The third-order valence-electron chi connectivity index (χ3n) is 2.73. The summed E-state index contributed by atoms with van der Waals surface area (Å²) < 4.78 is 1.41. The van der Waals surface area contributed by atoms with E-state index < -0.39 is 12.0 Å². The second-order valence-corrected chi connectivity index (χ2v) is 4.61. The molecule has 1 atom stereocenters. The lowest BCUT2D eigenvalue weighted by atomic mass is 10.0. The first kappa shape index (κ1) is 14.9. The van der Waals surface area contributed by atoms with Crippen molar-refractivity contribution in [2.45, 2.75) is 32.9 Å². The summed E-state index contributed by atoms with van der Waals surface area (Å²) in [6.45, 7) is 3.68. The SMILES string of the molecule is CC(C)[C@@H](NC(=O)CCn1ccccc1=O)C(=O)O. The fraction of sp³-hybridized carbons (Fsp3) is 0.462. The topological polar surface area (TPSA) is 88.4 Å². The van der Waals surface area contributed by atoms with E-state index in [4.69, 9.17) is 5.11 Å². The van der Waals surface area contributed by atoms with Gasteiger partial charge in [0.2, 0.25) is 5.91 Å². The Labute approximate surface area is 111 Å². The first-order valence-electron chi connectivity index (χ1n) is 6.09. The van der Waals surface area contributed by atoms with Crippen molar-refractivity contribution in [2.24, 2.45) is 5.92 Å². The number of aryl methyl sites for hydroxylation is 1. The summed E-state index contributed by atoms with van der Waals surface area (Å²) in [6, 6.07) is 3.83. The maximum Gasteiger partial charge on any atom is 0.326 e. The molecule has 0 saturated carbocycles. The van der Waals surface area contributed by atoms with Crippen LogP contribution in [0.25, 0.3) is 0 Å². The molecule has 2 N–H and O–H groups in total. The summed E-state index contributed by atoms with van der Waals surface area (Å²) in [4.78, 5) is 34.0. The molecule has 0 aliphatic rings. The minimum absolute atomic E-state index is 0.0699. The zero-order valence-electron chi connectivity index (χ0n) is 11.0. The van der Waals surface area contributed by atoms with E-state index in [0.29, 0.717) is 0 Å². The van der Waals surface area contributed by atoms with Gasteiger partial charge in [0.15, 0.2) is 0 Å². The fourth-order valence-electron chi connectivity index (χ4n) is 1.63. The number of hydrogen-bond donors (Lipinski definition) is 2. The number of amides is 1. The van der Waals surface area contributed by atoms with Crippen molar-refractivity contribution in [3.63, 3.8) is 0 Å². The van der Waals surface area contributed by atoms with Gasteiger partial charge in [-0.2, -0.15) is 0 Å². The molecule has 6 heteroatoms. The number of aromatic nitrogens is 1. The molecule has 0 radical (unpaired) electrons. The number of nitrogens with zero attached hydrogens (tertiary/aromatic N) is 1. The number of pyridine rings is 1. The van der Waals surface area contributed by atoms with E-state index in [9.17, 15) is 14.4 Å². The van der Waals surface area contributed by atoms with Gasteiger partial charge in [0.25, 0.3) is 5.56 Å². The van der Waals surface area contributed by atoms with Gasteiger partial charge in [0.05, 0.1) is 0 Å². The molecule has 0 unspecified atom stereocenters. The Hall–Kier alpha value is -2.11. The third-order valence-corrected chi connectivity index (χ3v) is 2.73. The quantitative estimate of drug-likeness (QED) is 0.783. The van der Waals surface area contributed by atoms with Crippen LogP contribution in [0.2, 0.25) is 0 Å². The molecule has 0 aliphatic carbocycles. The Morgan fingerprint density at radius 3 is 2.58 bits per heavy atom. The molecule has 1 aromatic heterocycles. The molecule has 0 aromatic carbocycles. The molecule has 0 aliphatic heterocycles. The van der Waals surface area contributed by atoms with Gasteiger partial charge in [0, 0.05) is 25.2 Å². The lowest BCUT2D eigenvalue weighted by Crippen LogP contribution is -2.44. The Kier molecular flexibility index (Phi) is 5.29. The Balaban J connectivity index is 2.55. The molecular formula is C13H18N2O4. The predicted octanol–water partition coefficient (Wildman–Crippen LogP) is 0.464. The number of hydrogen-bond acceptors (Lipinski definition) is 3. The second-order valence-electron chi connectivity index (χ2n) is 4.61. The molecule has 1 aromatic rings. The van der Waals surface area contributed by atoms with Crippen molar-refractivity contribution in [3.05, 3.63) is 34.7 Å². The monoisotopic (exact) mass is 266 g/mol. The molecule has 1 heterocycles. The van der Waals surface area contributed by atoms with Gasteiger partial charge >= 0.3 is 5.97 Å².